The molecule has 0 saturated carbocycles. The molecule has 2 aromatic carbocycles. The van der Waals surface area contributed by atoms with E-state index in [-0.39, 0.29) is 19.0 Å². The maximum absolute atomic E-state index is 12.6. The third-order valence-electron chi connectivity index (χ3n) is 10.4. The molecule has 1 fully saturated rings. The minimum Gasteiger partial charge on any atom is -0.619 e. The molecule has 0 spiro atoms. The van der Waals surface area contributed by atoms with Crippen molar-refractivity contribution in [1.82, 2.24) is 4.90 Å². The van der Waals surface area contributed by atoms with Gasteiger partial charge in [-0.15, -0.1) is 0 Å². The van der Waals surface area contributed by atoms with Gasteiger partial charge in [-0.05, 0) is 58.4 Å². The Labute approximate surface area is 303 Å². The van der Waals surface area contributed by atoms with Crippen LogP contribution in [0, 0.1) is 5.21 Å². The van der Waals surface area contributed by atoms with Crippen LogP contribution in [0.15, 0.2) is 67.0 Å². The van der Waals surface area contributed by atoms with E-state index in [1.54, 1.807) is 19.2 Å². The Kier molecular flexibility index (Phi) is 12.9. The zero-order chi connectivity index (χ0) is 36.7. The number of carboxylic acid groups (broad SMARTS) is 1. The van der Waals surface area contributed by atoms with Crippen molar-refractivity contribution in [3.05, 3.63) is 83.3 Å². The van der Waals surface area contributed by atoms with Crippen molar-refractivity contribution in [2.75, 3.05) is 51.4 Å². The number of ether oxygens (including phenoxy) is 4. The SMILES string of the molecule is COCCCN1CCOc2ccc(COC3CN(C(=O)O)CC(O[Si](C(C)C)(C(C)C)C(C)C)C3c3ccc(Oc4cc[n+]([O-])cc4)cc3)cc21. The largest absolute Gasteiger partial charge is 0.619 e. The summed E-state index contributed by atoms with van der Waals surface area (Å²) in [4.78, 5) is 16.4. The first kappa shape index (κ1) is 38.4. The molecular formula is C39H55N3O8Si. The molecule has 1 N–H and O–H groups in total. The lowest BCUT2D eigenvalue weighted by atomic mass is 9.84. The summed E-state index contributed by atoms with van der Waals surface area (Å²) in [6, 6.07) is 17.3. The molecule has 51 heavy (non-hydrogen) atoms. The van der Waals surface area contributed by atoms with Gasteiger partial charge in [0.2, 0.25) is 8.32 Å². The van der Waals surface area contributed by atoms with E-state index < -0.39 is 26.6 Å². The monoisotopic (exact) mass is 721 g/mol. The first-order valence-corrected chi connectivity index (χ1v) is 20.3. The molecule has 0 radical (unpaired) electrons. The maximum Gasteiger partial charge on any atom is 0.407 e. The summed E-state index contributed by atoms with van der Waals surface area (Å²) in [7, 11) is -0.712. The van der Waals surface area contributed by atoms with Crippen LogP contribution in [0.5, 0.6) is 17.2 Å². The van der Waals surface area contributed by atoms with Crippen LogP contribution in [0.1, 0.15) is 65.0 Å². The number of amides is 1. The van der Waals surface area contributed by atoms with Crippen LogP contribution >= 0.6 is 0 Å². The fraction of sp³-hybridized carbons (Fsp3) is 0.538. The van der Waals surface area contributed by atoms with E-state index in [0.29, 0.717) is 52.7 Å². The quantitative estimate of drug-likeness (QED) is 0.0734. The second-order valence-corrected chi connectivity index (χ2v) is 20.0. The Morgan fingerprint density at radius 1 is 0.961 bits per heavy atom. The molecule has 3 heterocycles. The van der Waals surface area contributed by atoms with E-state index in [4.69, 9.17) is 23.4 Å². The molecule has 1 saturated heterocycles. The molecule has 3 unspecified atom stereocenters. The van der Waals surface area contributed by atoms with Gasteiger partial charge in [-0.1, -0.05) is 59.7 Å². The molecule has 3 aromatic rings. The molecule has 5 rings (SSSR count). The number of methoxy groups -OCH3 is 1. The summed E-state index contributed by atoms with van der Waals surface area (Å²) in [5, 5.41) is 21.8. The van der Waals surface area contributed by atoms with E-state index in [2.05, 4.69) is 52.5 Å². The standard InChI is InChI=1S/C39H55N3O8Si/c1-27(2)51(28(3)4,29(5)6)50-37-25-41(39(43)44)24-36(38(37)31-10-12-32(13-11-31)49-33-15-18-42(45)19-16-33)48-26-30-9-14-35-34(23-30)40(20-22-47-35)17-8-21-46-7/h9-16,18-19,23,27-29,36-38H,8,17,20-22,24-26H2,1-7H3,(H,43,44). The molecule has 11 nitrogen and oxygen atoms in total. The predicted molar refractivity (Wildman–Crippen MR) is 199 cm³/mol. The highest BCUT2D eigenvalue weighted by Crippen LogP contribution is 2.46. The van der Waals surface area contributed by atoms with E-state index in [0.717, 1.165) is 42.1 Å². The number of hydrogen-bond donors (Lipinski definition) is 1. The average molecular weight is 722 g/mol. The number of anilines is 1. The smallest absolute Gasteiger partial charge is 0.407 e. The third kappa shape index (κ3) is 8.97. The van der Waals surface area contributed by atoms with Crippen molar-refractivity contribution < 1.29 is 38.0 Å². The van der Waals surface area contributed by atoms with Crippen molar-refractivity contribution in [1.29, 1.82) is 0 Å². The minimum atomic E-state index is -2.43. The van der Waals surface area contributed by atoms with Crippen LogP contribution < -0.4 is 19.1 Å². The zero-order valence-corrected chi connectivity index (χ0v) is 32.1. The second-order valence-electron chi connectivity index (χ2n) is 14.6. The number of carbonyl (C=O) groups is 1. The van der Waals surface area contributed by atoms with Crippen LogP contribution in [0.3, 0.4) is 0 Å². The lowest BCUT2D eigenvalue weighted by Gasteiger charge is -2.50. The topological polar surface area (TPSA) is 117 Å². The van der Waals surface area contributed by atoms with Crippen molar-refractivity contribution in [2.24, 2.45) is 0 Å². The zero-order valence-electron chi connectivity index (χ0n) is 31.1. The van der Waals surface area contributed by atoms with Crippen LogP contribution in [-0.2, 0) is 20.5 Å². The summed E-state index contributed by atoms with van der Waals surface area (Å²) in [6.07, 6.45) is 1.83. The summed E-state index contributed by atoms with van der Waals surface area (Å²) >= 11 is 0. The fourth-order valence-electron chi connectivity index (χ4n) is 8.10. The number of likely N-dealkylation sites (tertiary alicyclic amines) is 1. The van der Waals surface area contributed by atoms with Gasteiger partial charge in [-0.25, -0.2) is 4.79 Å². The molecule has 1 amide bonds. The summed E-state index contributed by atoms with van der Waals surface area (Å²) in [5.74, 6) is 1.80. The number of rotatable bonds is 15. The molecule has 12 heteroatoms. The minimum absolute atomic E-state index is 0.216. The fourth-order valence-corrected chi connectivity index (χ4v) is 13.7. The Morgan fingerprint density at radius 2 is 1.61 bits per heavy atom. The number of pyridine rings is 1. The maximum atomic E-state index is 12.6. The van der Waals surface area contributed by atoms with Gasteiger partial charge >= 0.3 is 6.09 Å². The normalized spacial score (nSPS) is 19.4. The Morgan fingerprint density at radius 3 is 2.24 bits per heavy atom. The van der Waals surface area contributed by atoms with Gasteiger partial charge in [0, 0.05) is 44.9 Å². The Bertz CT molecular complexity index is 1550. The lowest BCUT2D eigenvalue weighted by Crippen LogP contribution is -2.59. The van der Waals surface area contributed by atoms with E-state index in [1.807, 2.05) is 36.4 Å². The third-order valence-corrected chi connectivity index (χ3v) is 16.6. The van der Waals surface area contributed by atoms with Crippen LogP contribution in [0.25, 0.3) is 0 Å². The van der Waals surface area contributed by atoms with Gasteiger partial charge in [-0.2, -0.15) is 4.73 Å². The van der Waals surface area contributed by atoms with Crippen LogP contribution in [0.4, 0.5) is 10.5 Å². The van der Waals surface area contributed by atoms with Gasteiger partial charge in [0.1, 0.15) is 23.9 Å². The molecule has 2 aliphatic heterocycles. The number of benzene rings is 2. The van der Waals surface area contributed by atoms with E-state index in [9.17, 15) is 15.1 Å². The molecular weight excluding hydrogens is 667 g/mol. The van der Waals surface area contributed by atoms with Gasteiger partial charge in [0.15, 0.2) is 12.4 Å². The van der Waals surface area contributed by atoms with Crippen LogP contribution in [-0.4, -0.2) is 83.1 Å². The number of piperidine rings is 1. The molecule has 0 aliphatic carbocycles. The predicted octanol–water partition coefficient (Wildman–Crippen LogP) is 7.57. The van der Waals surface area contributed by atoms with Gasteiger partial charge < -0.3 is 43.5 Å². The molecule has 1 aromatic heterocycles. The van der Waals surface area contributed by atoms with E-state index in [1.165, 1.54) is 17.3 Å². The Balaban J connectivity index is 1.47. The summed E-state index contributed by atoms with van der Waals surface area (Å²) in [5.41, 5.74) is 3.97. The second kappa shape index (κ2) is 17.1. The van der Waals surface area contributed by atoms with Crippen molar-refractivity contribution >= 4 is 20.1 Å². The number of nitrogens with zero attached hydrogens (tertiary/aromatic N) is 3. The Hall–Kier alpha value is -3.84. The van der Waals surface area contributed by atoms with Gasteiger partial charge in [0.05, 0.1) is 37.6 Å². The highest BCUT2D eigenvalue weighted by atomic mass is 28.4. The van der Waals surface area contributed by atoms with Crippen molar-refractivity contribution in [3.63, 3.8) is 0 Å². The van der Waals surface area contributed by atoms with E-state index >= 15 is 0 Å². The highest BCUT2D eigenvalue weighted by molar-refractivity contribution is 6.77. The highest BCUT2D eigenvalue weighted by Gasteiger charge is 2.51. The molecule has 3 atom stereocenters. The molecule has 278 valence electrons. The lowest BCUT2D eigenvalue weighted by molar-refractivity contribution is -0.605. The van der Waals surface area contributed by atoms with Crippen molar-refractivity contribution in [2.45, 2.75) is 89.3 Å². The first-order valence-electron chi connectivity index (χ1n) is 18.2. The summed E-state index contributed by atoms with van der Waals surface area (Å²) < 4.78 is 32.2. The summed E-state index contributed by atoms with van der Waals surface area (Å²) in [6.45, 7) is 17.2. The average Bonchev–Trinajstić information content (AvgIpc) is 3.10. The number of hydrogen-bond acceptors (Lipinski definition) is 8. The van der Waals surface area contributed by atoms with Crippen molar-refractivity contribution in [3.8, 4) is 17.2 Å². The van der Waals surface area contributed by atoms with Gasteiger partial charge in [0.25, 0.3) is 0 Å². The first-order chi connectivity index (χ1) is 24.4. The van der Waals surface area contributed by atoms with Gasteiger partial charge in [-0.3, -0.25) is 0 Å². The molecule has 2 aliphatic rings. The van der Waals surface area contributed by atoms with Crippen LogP contribution in [0.2, 0.25) is 16.6 Å². The number of fused-ring (bicyclic) bond motifs is 1. The molecule has 0 bridgehead atoms. The number of aromatic nitrogens is 1.